The molecule has 0 radical (unpaired) electrons. The molecule has 1 aliphatic carbocycles. The van der Waals surface area contributed by atoms with Gasteiger partial charge in [0.15, 0.2) is 0 Å². The fraction of sp³-hybridized carbons (Fsp3) is 0.267. The first-order valence-electron chi connectivity index (χ1n) is 13.1. The van der Waals surface area contributed by atoms with E-state index in [0.717, 1.165) is 34.1 Å². The number of H-pyrrole nitrogens is 1. The van der Waals surface area contributed by atoms with Crippen LogP contribution in [-0.2, 0) is 23.7 Å². The largest absolute Gasteiger partial charge is 0.369 e. The molecule has 0 unspecified atom stereocenters. The van der Waals surface area contributed by atoms with Gasteiger partial charge in [0, 0.05) is 47.1 Å². The smallest absolute Gasteiger partial charge is 0.256 e. The third-order valence-electron chi connectivity index (χ3n) is 8.23. The molecule has 2 aromatic heterocycles. The monoisotopic (exact) mass is 590 g/mol. The van der Waals surface area contributed by atoms with Gasteiger partial charge in [0.2, 0.25) is 5.91 Å². The maximum Gasteiger partial charge on any atom is 0.256 e. The summed E-state index contributed by atoms with van der Waals surface area (Å²) >= 11 is 13.2. The summed E-state index contributed by atoms with van der Waals surface area (Å²) in [5, 5.41) is 14.5. The Morgan fingerprint density at radius 3 is 2.59 bits per heavy atom. The Kier molecular flexibility index (Phi) is 6.44. The summed E-state index contributed by atoms with van der Waals surface area (Å²) in [5.41, 5.74) is 10.4. The highest BCUT2D eigenvalue weighted by Crippen LogP contribution is 2.50. The first-order valence-corrected chi connectivity index (χ1v) is 13.9. The van der Waals surface area contributed by atoms with E-state index in [1.165, 1.54) is 6.07 Å². The van der Waals surface area contributed by atoms with Gasteiger partial charge in [-0.1, -0.05) is 23.2 Å². The molecule has 0 saturated heterocycles. The highest BCUT2D eigenvalue weighted by atomic mass is 35.5. The number of nitrogens with two attached hydrogens (primary N) is 1. The number of carbonyl (C=O) groups is 2. The fourth-order valence-corrected chi connectivity index (χ4v) is 6.45. The van der Waals surface area contributed by atoms with Gasteiger partial charge in [-0.05, 0) is 68.1 Å². The van der Waals surface area contributed by atoms with Gasteiger partial charge in [-0.3, -0.25) is 14.3 Å². The Labute approximate surface area is 245 Å². The van der Waals surface area contributed by atoms with Crippen molar-refractivity contribution in [1.82, 2.24) is 19.7 Å². The number of primary amides is 1. The van der Waals surface area contributed by atoms with E-state index in [-0.39, 0.29) is 16.5 Å². The number of halogens is 3. The van der Waals surface area contributed by atoms with Crippen molar-refractivity contribution in [3.05, 3.63) is 86.5 Å². The number of nitrogens with zero attached hydrogens (tertiary/aromatic N) is 4. The molecule has 6 rings (SSSR count). The molecule has 1 fully saturated rings. The molecule has 2 aliphatic rings. The van der Waals surface area contributed by atoms with Crippen LogP contribution in [0.1, 0.15) is 58.7 Å². The second-order valence-electron chi connectivity index (χ2n) is 10.7. The predicted molar refractivity (Wildman–Crippen MR) is 153 cm³/mol. The first kappa shape index (κ1) is 27.1. The van der Waals surface area contributed by atoms with Crippen LogP contribution in [0.25, 0.3) is 22.4 Å². The normalized spacial score (nSPS) is 17.2. The summed E-state index contributed by atoms with van der Waals surface area (Å²) in [4.78, 5) is 30.4. The number of hydrogen-bond acceptors (Lipinski definition) is 4. The molecule has 2 amide bonds. The summed E-state index contributed by atoms with van der Waals surface area (Å²) in [5.74, 6) is -1.39. The highest BCUT2D eigenvalue weighted by molar-refractivity contribution is 6.36. The van der Waals surface area contributed by atoms with Gasteiger partial charge in [0.05, 0.1) is 33.4 Å². The van der Waals surface area contributed by atoms with E-state index in [1.807, 2.05) is 32.2 Å². The number of aryl methyl sites for hydroxylation is 1. The number of carbonyl (C=O) groups excluding carboxylic acids is 2. The molecule has 11 heteroatoms. The standard InChI is InChI=1S/C30H25Cl2FN6O2/c1-15-26-22(27(38(2)37-26)16-7-18(10-19(31)8-16)30(4-5-30)29(35)41)3-6-39(15)28(40)24-12-20(33)11-23(25(24)32)17-9-21(13-34)36-14-17/h7-12,14-15,36H,3-6H2,1-2H3,(H2,35,41)/t15-/m1/s1. The number of nitrogens with one attached hydrogen (secondary N) is 1. The van der Waals surface area contributed by atoms with E-state index < -0.39 is 23.2 Å². The van der Waals surface area contributed by atoms with Crippen molar-refractivity contribution in [2.75, 3.05) is 6.54 Å². The van der Waals surface area contributed by atoms with Crippen LogP contribution in [0.4, 0.5) is 4.39 Å². The molecule has 8 nitrogen and oxygen atoms in total. The van der Waals surface area contributed by atoms with Crippen LogP contribution in [-0.4, -0.2) is 38.0 Å². The van der Waals surface area contributed by atoms with Crippen LogP contribution >= 0.6 is 23.2 Å². The van der Waals surface area contributed by atoms with Gasteiger partial charge >= 0.3 is 0 Å². The summed E-state index contributed by atoms with van der Waals surface area (Å²) in [7, 11) is 1.83. The maximum atomic E-state index is 14.7. The number of hydrogen-bond donors (Lipinski definition) is 2. The molecule has 3 heterocycles. The molecule has 0 spiro atoms. The Bertz CT molecular complexity index is 1800. The minimum Gasteiger partial charge on any atom is -0.369 e. The maximum absolute atomic E-state index is 14.7. The van der Waals surface area contributed by atoms with Gasteiger partial charge < -0.3 is 15.6 Å². The van der Waals surface area contributed by atoms with Crippen molar-refractivity contribution in [1.29, 1.82) is 5.26 Å². The molecule has 4 aromatic rings. The lowest BCUT2D eigenvalue weighted by Gasteiger charge is -2.33. The van der Waals surface area contributed by atoms with Gasteiger partial charge in [0.1, 0.15) is 17.6 Å². The predicted octanol–water partition coefficient (Wildman–Crippen LogP) is 5.68. The summed E-state index contributed by atoms with van der Waals surface area (Å²) < 4.78 is 16.5. The zero-order chi connectivity index (χ0) is 29.2. The quantitative estimate of drug-likeness (QED) is 0.310. The highest BCUT2D eigenvalue weighted by Gasteiger charge is 2.50. The minimum atomic E-state index is -0.686. The zero-order valence-corrected chi connectivity index (χ0v) is 23.8. The molecular weight excluding hydrogens is 566 g/mol. The molecule has 0 bridgehead atoms. The lowest BCUT2D eigenvalue weighted by molar-refractivity contribution is -0.120. The fourth-order valence-electron chi connectivity index (χ4n) is 5.91. The molecule has 1 atom stereocenters. The second kappa shape index (κ2) is 9.75. The Balaban J connectivity index is 1.35. The van der Waals surface area contributed by atoms with Gasteiger partial charge in [0.25, 0.3) is 5.91 Å². The summed E-state index contributed by atoms with van der Waals surface area (Å²) in [6, 6.07) is 11.1. The van der Waals surface area contributed by atoms with Crippen LogP contribution in [0.5, 0.6) is 0 Å². The Morgan fingerprint density at radius 1 is 1.17 bits per heavy atom. The van der Waals surface area contributed by atoms with Crippen LogP contribution in [0.2, 0.25) is 10.0 Å². The first-order chi connectivity index (χ1) is 19.5. The molecule has 2 aromatic carbocycles. The van der Waals surface area contributed by atoms with Crippen LogP contribution in [0, 0.1) is 17.1 Å². The zero-order valence-electron chi connectivity index (χ0n) is 22.3. The van der Waals surface area contributed by atoms with Crippen molar-refractivity contribution in [2.24, 2.45) is 12.8 Å². The van der Waals surface area contributed by atoms with Gasteiger partial charge in [-0.25, -0.2) is 4.39 Å². The topological polar surface area (TPSA) is 121 Å². The van der Waals surface area contributed by atoms with Crippen LogP contribution in [0.15, 0.2) is 42.6 Å². The van der Waals surface area contributed by atoms with Crippen molar-refractivity contribution in [3.63, 3.8) is 0 Å². The molecule has 41 heavy (non-hydrogen) atoms. The molecule has 3 N–H and O–H groups in total. The number of nitriles is 1. The van der Waals surface area contributed by atoms with E-state index in [0.29, 0.717) is 47.7 Å². The number of rotatable bonds is 5. The third-order valence-corrected chi connectivity index (χ3v) is 8.86. The Hall–Kier alpha value is -4.13. The number of aromatic amines is 1. The van der Waals surface area contributed by atoms with Crippen molar-refractivity contribution in [2.45, 2.75) is 37.6 Å². The van der Waals surface area contributed by atoms with E-state index in [2.05, 4.69) is 4.98 Å². The number of fused-ring (bicyclic) bond motifs is 1. The second-order valence-corrected chi connectivity index (χ2v) is 11.5. The van der Waals surface area contributed by atoms with E-state index in [9.17, 15) is 14.0 Å². The van der Waals surface area contributed by atoms with Crippen LogP contribution < -0.4 is 5.73 Å². The van der Waals surface area contributed by atoms with Crippen molar-refractivity contribution >= 4 is 35.0 Å². The molecule has 1 saturated carbocycles. The SMILES string of the molecule is C[C@@H]1c2nn(C)c(-c3cc(Cl)cc(C4(C(N)=O)CC4)c3)c2CCN1C(=O)c1cc(F)cc(-c2c[nH]c(C#N)c2)c1Cl. The third kappa shape index (κ3) is 4.39. The van der Waals surface area contributed by atoms with Crippen molar-refractivity contribution in [3.8, 4) is 28.5 Å². The number of amides is 2. The lowest BCUT2D eigenvalue weighted by atomic mass is 9.90. The Morgan fingerprint density at radius 2 is 1.93 bits per heavy atom. The molecule has 208 valence electrons. The summed E-state index contributed by atoms with van der Waals surface area (Å²) in [6.45, 7) is 2.23. The van der Waals surface area contributed by atoms with Gasteiger partial charge in [-0.2, -0.15) is 10.4 Å². The average molecular weight is 591 g/mol. The lowest BCUT2D eigenvalue weighted by Crippen LogP contribution is -2.39. The van der Waals surface area contributed by atoms with E-state index in [1.54, 1.807) is 27.9 Å². The molecule has 1 aliphatic heterocycles. The number of aromatic nitrogens is 3. The summed E-state index contributed by atoms with van der Waals surface area (Å²) in [6.07, 6.45) is 3.43. The van der Waals surface area contributed by atoms with E-state index >= 15 is 0 Å². The van der Waals surface area contributed by atoms with Crippen molar-refractivity contribution < 1.29 is 14.0 Å². The number of benzene rings is 2. The van der Waals surface area contributed by atoms with Gasteiger partial charge in [-0.15, -0.1) is 0 Å². The molecular formula is C30H25Cl2FN6O2. The minimum absolute atomic E-state index is 0.0356. The van der Waals surface area contributed by atoms with E-state index in [4.69, 9.17) is 39.3 Å². The van der Waals surface area contributed by atoms with Crippen LogP contribution in [0.3, 0.4) is 0 Å². The average Bonchev–Trinajstić information content (AvgIpc) is 3.50.